The third-order valence-corrected chi connectivity index (χ3v) is 8.97. The van der Waals surface area contributed by atoms with Crippen molar-refractivity contribution in [3.63, 3.8) is 0 Å². The monoisotopic (exact) mass is 491 g/mol. The SMILES string of the molecule is CCCS(=O)(=O)c1ccc(-c2cccc(-c3c(C)c[n+]([O-])c4c(C(F)(F)F)cccc34)c2)s1. The van der Waals surface area contributed by atoms with Crippen molar-refractivity contribution in [3.05, 3.63) is 77.1 Å². The second-order valence-electron chi connectivity index (χ2n) is 7.73. The number of nitrogens with zero attached hydrogens (tertiary/aromatic N) is 1. The predicted molar refractivity (Wildman–Crippen MR) is 124 cm³/mol. The van der Waals surface area contributed by atoms with E-state index in [0.717, 1.165) is 34.0 Å². The van der Waals surface area contributed by atoms with Crippen LogP contribution in [0.15, 0.2) is 65.0 Å². The van der Waals surface area contributed by atoms with Crippen LogP contribution in [0.5, 0.6) is 0 Å². The van der Waals surface area contributed by atoms with Crippen LogP contribution in [-0.2, 0) is 16.0 Å². The van der Waals surface area contributed by atoms with Crippen LogP contribution in [0.4, 0.5) is 13.2 Å². The molecule has 2 aromatic heterocycles. The molecule has 2 heterocycles. The summed E-state index contributed by atoms with van der Waals surface area (Å²) in [7, 11) is -3.34. The van der Waals surface area contributed by atoms with Crippen LogP contribution < -0.4 is 4.73 Å². The van der Waals surface area contributed by atoms with Crippen LogP contribution in [0, 0.1) is 12.1 Å². The molecule has 4 nitrogen and oxygen atoms in total. The van der Waals surface area contributed by atoms with Gasteiger partial charge in [-0.3, -0.25) is 0 Å². The van der Waals surface area contributed by atoms with Crippen molar-refractivity contribution in [2.24, 2.45) is 0 Å². The lowest BCUT2D eigenvalue weighted by Crippen LogP contribution is -2.30. The van der Waals surface area contributed by atoms with Crippen molar-refractivity contribution in [3.8, 4) is 21.6 Å². The van der Waals surface area contributed by atoms with E-state index in [1.165, 1.54) is 12.1 Å². The van der Waals surface area contributed by atoms with Crippen LogP contribution in [0.2, 0.25) is 0 Å². The molecule has 33 heavy (non-hydrogen) atoms. The number of pyridine rings is 1. The summed E-state index contributed by atoms with van der Waals surface area (Å²) in [6.07, 6.45) is -3.00. The van der Waals surface area contributed by atoms with Gasteiger partial charge in [0.25, 0.3) is 0 Å². The third kappa shape index (κ3) is 4.35. The van der Waals surface area contributed by atoms with Gasteiger partial charge < -0.3 is 5.21 Å². The number of para-hydroxylation sites is 1. The molecule has 0 saturated carbocycles. The van der Waals surface area contributed by atoms with Gasteiger partial charge in [-0.15, -0.1) is 11.3 Å². The number of hydrogen-bond acceptors (Lipinski definition) is 4. The molecule has 0 aliphatic rings. The normalized spacial score (nSPS) is 12.4. The van der Waals surface area contributed by atoms with E-state index in [1.54, 1.807) is 44.2 Å². The van der Waals surface area contributed by atoms with E-state index in [1.807, 2.05) is 6.07 Å². The lowest BCUT2D eigenvalue weighted by molar-refractivity contribution is -0.578. The van der Waals surface area contributed by atoms with Gasteiger partial charge in [0.05, 0.1) is 11.1 Å². The summed E-state index contributed by atoms with van der Waals surface area (Å²) >= 11 is 1.16. The lowest BCUT2D eigenvalue weighted by atomic mass is 9.94. The zero-order chi connectivity index (χ0) is 24.0. The first kappa shape index (κ1) is 23.3. The average molecular weight is 492 g/mol. The number of rotatable bonds is 5. The van der Waals surface area contributed by atoms with E-state index >= 15 is 0 Å². The average Bonchev–Trinajstić information content (AvgIpc) is 3.24. The Hall–Kier alpha value is -2.91. The molecule has 2 aromatic carbocycles. The molecule has 9 heteroatoms. The lowest BCUT2D eigenvalue weighted by Gasteiger charge is -2.15. The van der Waals surface area contributed by atoms with Gasteiger partial charge in [0.2, 0.25) is 5.52 Å². The van der Waals surface area contributed by atoms with Gasteiger partial charge in [0.15, 0.2) is 16.0 Å². The Bertz CT molecular complexity index is 1460. The predicted octanol–water partition coefficient (Wildman–Crippen LogP) is 6.38. The Morgan fingerprint density at radius 1 is 1.03 bits per heavy atom. The summed E-state index contributed by atoms with van der Waals surface area (Å²) in [5, 5.41) is 12.7. The van der Waals surface area contributed by atoms with Crippen molar-refractivity contribution in [1.82, 2.24) is 0 Å². The molecule has 0 aliphatic carbocycles. The second kappa shape index (κ2) is 8.46. The van der Waals surface area contributed by atoms with Gasteiger partial charge >= 0.3 is 6.18 Å². The zero-order valence-electron chi connectivity index (χ0n) is 17.8. The number of hydrogen-bond donors (Lipinski definition) is 0. The van der Waals surface area contributed by atoms with E-state index in [2.05, 4.69) is 0 Å². The molecule has 0 radical (unpaired) electrons. The number of halogens is 3. The summed E-state index contributed by atoms with van der Waals surface area (Å²) < 4.78 is 66.0. The van der Waals surface area contributed by atoms with Crippen LogP contribution in [-0.4, -0.2) is 14.2 Å². The molecule has 0 N–H and O–H groups in total. The molecule has 0 bridgehead atoms. The minimum absolute atomic E-state index is 0.0684. The number of alkyl halides is 3. The highest BCUT2D eigenvalue weighted by molar-refractivity contribution is 7.93. The zero-order valence-corrected chi connectivity index (χ0v) is 19.4. The van der Waals surface area contributed by atoms with Crippen LogP contribution in [0.1, 0.15) is 24.5 Å². The highest BCUT2D eigenvalue weighted by atomic mass is 32.2. The standard InChI is InChI=1S/C24H20F3NO3S2/c1-3-12-33(30,31)21-11-10-20(32-21)16-6-4-7-17(13-16)22-15(2)14-28(29)23-18(22)8-5-9-19(23)24(25,26)27/h4-11,13-14H,3,12H2,1-2H3. The van der Waals surface area contributed by atoms with Gasteiger partial charge in [-0.2, -0.15) is 17.9 Å². The summed E-state index contributed by atoms with van der Waals surface area (Å²) in [5.41, 5.74) is 1.03. The highest BCUT2D eigenvalue weighted by Crippen LogP contribution is 2.39. The van der Waals surface area contributed by atoms with Crippen molar-refractivity contribution in [2.45, 2.75) is 30.7 Å². The number of fused-ring (bicyclic) bond motifs is 1. The Kier molecular flexibility index (Phi) is 5.96. The number of thiophene rings is 1. The van der Waals surface area contributed by atoms with Crippen molar-refractivity contribution < 1.29 is 26.3 Å². The fourth-order valence-electron chi connectivity index (χ4n) is 3.95. The maximum atomic E-state index is 13.6. The van der Waals surface area contributed by atoms with Crippen LogP contribution in [0.3, 0.4) is 0 Å². The van der Waals surface area contributed by atoms with Gasteiger partial charge in [0.1, 0.15) is 9.77 Å². The molecule has 0 aliphatic heterocycles. The Morgan fingerprint density at radius 2 is 1.73 bits per heavy atom. The number of aryl methyl sites for hydroxylation is 1. The van der Waals surface area contributed by atoms with Gasteiger partial charge in [-0.1, -0.05) is 31.2 Å². The van der Waals surface area contributed by atoms with Crippen molar-refractivity contribution in [1.29, 1.82) is 0 Å². The summed E-state index contributed by atoms with van der Waals surface area (Å²) in [6.45, 7) is 3.48. The molecule has 0 atom stereocenters. The minimum atomic E-state index is -4.67. The van der Waals surface area contributed by atoms with Gasteiger partial charge in [0, 0.05) is 16.0 Å². The van der Waals surface area contributed by atoms with E-state index < -0.39 is 27.1 Å². The molecule has 0 amide bonds. The largest absolute Gasteiger partial charge is 0.618 e. The summed E-state index contributed by atoms with van der Waals surface area (Å²) in [4.78, 5) is 0.735. The molecule has 0 saturated heterocycles. The van der Waals surface area contributed by atoms with E-state index in [0.29, 0.717) is 23.1 Å². The maximum absolute atomic E-state index is 13.6. The fraction of sp³-hybridized carbons (Fsp3) is 0.208. The van der Waals surface area contributed by atoms with E-state index in [9.17, 15) is 26.8 Å². The topological polar surface area (TPSA) is 61.1 Å². The molecule has 0 spiro atoms. The summed E-state index contributed by atoms with van der Waals surface area (Å²) in [5.74, 6) is 0.0684. The minimum Gasteiger partial charge on any atom is -0.618 e. The molecule has 4 aromatic rings. The molecular formula is C24H20F3NO3S2. The Labute approximate surface area is 193 Å². The fourth-order valence-corrected chi connectivity index (χ4v) is 6.73. The molecule has 4 rings (SSSR count). The molecule has 0 unspecified atom stereocenters. The number of aromatic nitrogens is 1. The third-order valence-electron chi connectivity index (χ3n) is 5.33. The van der Waals surface area contributed by atoms with E-state index in [4.69, 9.17) is 0 Å². The second-order valence-corrected chi connectivity index (χ2v) is 11.2. The number of benzene rings is 2. The molecule has 172 valence electrons. The van der Waals surface area contributed by atoms with E-state index in [-0.39, 0.29) is 20.1 Å². The highest BCUT2D eigenvalue weighted by Gasteiger charge is 2.37. The smallest absolute Gasteiger partial charge is 0.422 e. The molecular weight excluding hydrogens is 471 g/mol. The quantitative estimate of drug-likeness (QED) is 0.240. The first-order valence-electron chi connectivity index (χ1n) is 10.2. The van der Waals surface area contributed by atoms with Crippen molar-refractivity contribution >= 4 is 32.1 Å². The number of sulfone groups is 1. The van der Waals surface area contributed by atoms with Gasteiger partial charge in [-0.05, 0) is 54.8 Å². The van der Waals surface area contributed by atoms with Crippen LogP contribution >= 0.6 is 11.3 Å². The first-order chi connectivity index (χ1) is 15.5. The van der Waals surface area contributed by atoms with Crippen molar-refractivity contribution in [2.75, 3.05) is 5.75 Å². The molecule has 0 fully saturated rings. The Morgan fingerprint density at radius 3 is 2.42 bits per heavy atom. The maximum Gasteiger partial charge on any atom is 0.422 e. The Balaban J connectivity index is 1.88. The first-order valence-corrected chi connectivity index (χ1v) is 12.7. The van der Waals surface area contributed by atoms with Crippen LogP contribution in [0.25, 0.3) is 32.5 Å². The summed E-state index contributed by atoms with van der Waals surface area (Å²) in [6, 6.07) is 14.2. The van der Waals surface area contributed by atoms with Gasteiger partial charge in [-0.25, -0.2) is 8.42 Å².